The third-order valence-electron chi connectivity index (χ3n) is 4.52. The lowest BCUT2D eigenvalue weighted by atomic mass is 9.86. The van der Waals surface area contributed by atoms with Gasteiger partial charge in [0.15, 0.2) is 5.78 Å². The number of rotatable bonds is 6. The largest absolute Gasteiger partial charge is 0.492 e. The van der Waals surface area contributed by atoms with E-state index in [1.54, 1.807) is 12.4 Å². The van der Waals surface area contributed by atoms with Gasteiger partial charge in [0.05, 0.1) is 18.3 Å². The van der Waals surface area contributed by atoms with Gasteiger partial charge in [0.2, 0.25) is 0 Å². The van der Waals surface area contributed by atoms with Crippen molar-refractivity contribution in [2.45, 2.75) is 52.0 Å². The van der Waals surface area contributed by atoms with Crippen molar-refractivity contribution >= 4 is 5.78 Å². The highest BCUT2D eigenvalue weighted by Crippen LogP contribution is 2.28. The van der Waals surface area contributed by atoms with Crippen LogP contribution in [0.1, 0.15) is 56.8 Å². The Labute approximate surface area is 127 Å². The fraction of sp³-hybridized carbons (Fsp3) is 0.647. The second-order valence-electron chi connectivity index (χ2n) is 5.85. The molecule has 116 valence electrons. The van der Waals surface area contributed by atoms with Crippen LogP contribution < -0.4 is 4.74 Å². The monoisotopic (exact) mass is 290 g/mol. The normalized spacial score (nSPS) is 19.0. The lowest BCUT2D eigenvalue weighted by Gasteiger charge is -2.41. The number of likely N-dealkylation sites (tertiary alicyclic amines) is 1. The molecular weight excluding hydrogens is 264 g/mol. The summed E-state index contributed by atoms with van der Waals surface area (Å²) in [7, 11) is 0. The van der Waals surface area contributed by atoms with Crippen LogP contribution in [-0.4, -0.2) is 40.9 Å². The molecule has 4 heteroatoms. The van der Waals surface area contributed by atoms with Gasteiger partial charge in [0.25, 0.3) is 0 Å². The molecule has 4 nitrogen and oxygen atoms in total. The molecule has 1 fully saturated rings. The molecule has 0 N–H and O–H groups in total. The molecule has 0 radical (unpaired) electrons. The Kier molecular flexibility index (Phi) is 5.34. The standard InChI is InChI=1S/C17H26N2O2/c1-4-17(3,19-9-7-6-8-10-19)16(20)14-11-15(21-5-2)13-18-12-14/h11-13H,4-10H2,1-3H3. The molecule has 0 amide bonds. The highest BCUT2D eigenvalue weighted by molar-refractivity contribution is 6.03. The maximum absolute atomic E-state index is 13.0. The number of ether oxygens (including phenoxy) is 1. The first-order valence-electron chi connectivity index (χ1n) is 7.99. The number of pyridine rings is 1. The van der Waals surface area contributed by atoms with Crippen LogP contribution in [0.2, 0.25) is 0 Å². The number of carbonyl (C=O) groups excluding carboxylic acids is 1. The molecule has 2 heterocycles. The average molecular weight is 290 g/mol. The number of carbonyl (C=O) groups is 1. The zero-order valence-electron chi connectivity index (χ0n) is 13.4. The minimum atomic E-state index is -0.438. The van der Waals surface area contributed by atoms with Gasteiger partial charge in [-0.05, 0) is 52.3 Å². The Morgan fingerprint density at radius 2 is 2.00 bits per heavy atom. The molecule has 1 unspecified atom stereocenters. The summed E-state index contributed by atoms with van der Waals surface area (Å²) in [5.74, 6) is 0.821. The molecule has 1 saturated heterocycles. The van der Waals surface area contributed by atoms with Crippen molar-refractivity contribution < 1.29 is 9.53 Å². The molecule has 1 atom stereocenters. The lowest BCUT2D eigenvalue weighted by molar-refractivity contribution is 0.0505. The highest BCUT2D eigenvalue weighted by atomic mass is 16.5. The van der Waals surface area contributed by atoms with Gasteiger partial charge in [-0.3, -0.25) is 14.7 Å². The van der Waals surface area contributed by atoms with Crippen LogP contribution in [0.5, 0.6) is 5.75 Å². The molecule has 0 aromatic carbocycles. The van der Waals surface area contributed by atoms with Crippen molar-refractivity contribution in [3.63, 3.8) is 0 Å². The number of hydrogen-bond acceptors (Lipinski definition) is 4. The van der Waals surface area contributed by atoms with Crippen LogP contribution in [0.15, 0.2) is 18.5 Å². The molecule has 21 heavy (non-hydrogen) atoms. The van der Waals surface area contributed by atoms with E-state index in [0.717, 1.165) is 19.5 Å². The Balaban J connectivity index is 2.24. The first kappa shape index (κ1) is 16.0. The summed E-state index contributed by atoms with van der Waals surface area (Å²) >= 11 is 0. The molecule has 1 aromatic rings. The van der Waals surface area contributed by atoms with Gasteiger partial charge in [0.1, 0.15) is 5.75 Å². The van der Waals surface area contributed by atoms with Gasteiger partial charge in [-0.2, -0.15) is 0 Å². The second-order valence-corrected chi connectivity index (χ2v) is 5.85. The number of aromatic nitrogens is 1. The van der Waals surface area contributed by atoms with Crippen LogP contribution >= 0.6 is 0 Å². The summed E-state index contributed by atoms with van der Waals surface area (Å²) in [5, 5.41) is 0. The van der Waals surface area contributed by atoms with Crippen molar-refractivity contribution in [3.8, 4) is 5.75 Å². The van der Waals surface area contributed by atoms with E-state index in [4.69, 9.17) is 4.74 Å². The Bertz CT molecular complexity index is 483. The molecule has 0 aliphatic carbocycles. The molecule has 1 aromatic heterocycles. The van der Waals surface area contributed by atoms with Crippen LogP contribution in [0.25, 0.3) is 0 Å². The number of hydrogen-bond donors (Lipinski definition) is 0. The summed E-state index contributed by atoms with van der Waals surface area (Å²) in [5.41, 5.74) is 0.211. The van der Waals surface area contributed by atoms with E-state index >= 15 is 0 Å². The molecule has 0 spiro atoms. The van der Waals surface area contributed by atoms with Crippen molar-refractivity contribution in [1.29, 1.82) is 0 Å². The first-order valence-corrected chi connectivity index (χ1v) is 7.99. The molecular formula is C17H26N2O2. The van der Waals surface area contributed by atoms with E-state index in [1.807, 2.05) is 13.0 Å². The number of ketones is 1. The lowest BCUT2D eigenvalue weighted by Crippen LogP contribution is -2.53. The van der Waals surface area contributed by atoms with E-state index in [2.05, 4.69) is 23.7 Å². The van der Waals surface area contributed by atoms with E-state index in [0.29, 0.717) is 17.9 Å². The molecule has 1 aliphatic rings. The number of nitrogens with zero attached hydrogens (tertiary/aromatic N) is 2. The average Bonchev–Trinajstić information content (AvgIpc) is 2.55. The minimum Gasteiger partial charge on any atom is -0.492 e. The topological polar surface area (TPSA) is 42.4 Å². The summed E-state index contributed by atoms with van der Waals surface area (Å²) in [6.45, 7) is 8.68. The molecule has 1 aliphatic heterocycles. The highest BCUT2D eigenvalue weighted by Gasteiger charge is 2.38. The quantitative estimate of drug-likeness (QED) is 0.754. The zero-order chi connectivity index (χ0) is 15.3. The second kappa shape index (κ2) is 7.03. The summed E-state index contributed by atoms with van der Waals surface area (Å²) in [4.78, 5) is 19.5. The molecule has 0 saturated carbocycles. The van der Waals surface area contributed by atoms with Gasteiger partial charge in [0, 0.05) is 11.8 Å². The summed E-state index contributed by atoms with van der Waals surface area (Å²) in [6, 6.07) is 1.82. The number of piperidine rings is 1. The Morgan fingerprint density at radius 3 is 2.62 bits per heavy atom. The first-order chi connectivity index (χ1) is 10.1. The predicted octanol–water partition coefficient (Wildman–Crippen LogP) is 3.32. The Hall–Kier alpha value is -1.42. The Morgan fingerprint density at radius 1 is 1.29 bits per heavy atom. The van der Waals surface area contributed by atoms with Gasteiger partial charge in [-0.1, -0.05) is 13.3 Å². The molecule has 0 bridgehead atoms. The predicted molar refractivity (Wildman–Crippen MR) is 83.9 cm³/mol. The van der Waals surface area contributed by atoms with Crippen LogP contribution in [0.3, 0.4) is 0 Å². The van der Waals surface area contributed by atoms with Crippen LogP contribution in [-0.2, 0) is 0 Å². The van der Waals surface area contributed by atoms with Crippen LogP contribution in [0, 0.1) is 0 Å². The van der Waals surface area contributed by atoms with E-state index < -0.39 is 5.54 Å². The fourth-order valence-electron chi connectivity index (χ4n) is 3.01. The van der Waals surface area contributed by atoms with Gasteiger partial charge >= 0.3 is 0 Å². The van der Waals surface area contributed by atoms with E-state index in [-0.39, 0.29) is 5.78 Å². The zero-order valence-corrected chi connectivity index (χ0v) is 13.4. The van der Waals surface area contributed by atoms with E-state index in [9.17, 15) is 4.79 Å². The summed E-state index contributed by atoms with van der Waals surface area (Å²) in [6.07, 6.45) is 7.75. The summed E-state index contributed by atoms with van der Waals surface area (Å²) < 4.78 is 5.46. The van der Waals surface area contributed by atoms with Gasteiger partial charge in [-0.15, -0.1) is 0 Å². The van der Waals surface area contributed by atoms with Crippen molar-refractivity contribution in [1.82, 2.24) is 9.88 Å². The SMILES string of the molecule is CCOc1cncc(C(=O)C(C)(CC)N2CCCCC2)c1. The van der Waals surface area contributed by atoms with Crippen molar-refractivity contribution in [2.24, 2.45) is 0 Å². The molecule has 2 rings (SSSR count). The van der Waals surface area contributed by atoms with Crippen molar-refractivity contribution in [2.75, 3.05) is 19.7 Å². The van der Waals surface area contributed by atoms with Crippen molar-refractivity contribution in [3.05, 3.63) is 24.0 Å². The number of Topliss-reactive ketones (excluding diaryl/α,β-unsaturated/α-hetero) is 1. The van der Waals surface area contributed by atoms with Crippen LogP contribution in [0.4, 0.5) is 0 Å². The minimum absolute atomic E-state index is 0.154. The maximum Gasteiger partial charge on any atom is 0.184 e. The smallest absolute Gasteiger partial charge is 0.184 e. The fourth-order valence-corrected chi connectivity index (χ4v) is 3.01. The van der Waals surface area contributed by atoms with Gasteiger partial charge < -0.3 is 4.74 Å². The van der Waals surface area contributed by atoms with Gasteiger partial charge in [-0.25, -0.2) is 0 Å². The van der Waals surface area contributed by atoms with E-state index in [1.165, 1.54) is 19.3 Å². The maximum atomic E-state index is 13.0. The third-order valence-corrected chi connectivity index (χ3v) is 4.52. The third kappa shape index (κ3) is 3.43.